The lowest BCUT2D eigenvalue weighted by Gasteiger charge is -2.14. The summed E-state index contributed by atoms with van der Waals surface area (Å²) in [5.41, 5.74) is 3.45. The predicted octanol–water partition coefficient (Wildman–Crippen LogP) is 4.32. The molecule has 0 aliphatic carbocycles. The third-order valence-electron chi connectivity index (χ3n) is 4.37. The Bertz CT molecular complexity index is 1110. The summed E-state index contributed by atoms with van der Waals surface area (Å²) in [6, 6.07) is 13.6. The van der Waals surface area contributed by atoms with Gasteiger partial charge < -0.3 is 15.2 Å². The van der Waals surface area contributed by atoms with E-state index in [-0.39, 0.29) is 22.3 Å². The smallest absolute Gasteiger partial charge is 0.332 e. The van der Waals surface area contributed by atoms with E-state index in [2.05, 4.69) is 5.32 Å². The molecule has 3 rings (SSSR count). The van der Waals surface area contributed by atoms with Gasteiger partial charge in [0.05, 0.1) is 5.02 Å². The molecule has 4 N–H and O–H groups in total. The molecule has 160 valence electrons. The average Bonchev–Trinajstić information content (AvgIpc) is 2.74. The first-order chi connectivity index (χ1) is 14.8. The standard InChI is InChI=1S/C22H18ClFN2O5/c1-12-8-16(25-21(28)22(29)26-30)11-18(23)20(12)31-17-6-7-19(27)14(10-17)9-13-2-4-15(24)5-3-13/h2-8,10-11,27,30H,9H2,1H3,(H,25,28)(H,26,29). The van der Waals surface area contributed by atoms with Crippen LogP contribution < -0.4 is 15.5 Å². The molecule has 2 amide bonds. The van der Waals surface area contributed by atoms with Gasteiger partial charge in [-0.05, 0) is 60.5 Å². The van der Waals surface area contributed by atoms with Gasteiger partial charge >= 0.3 is 11.8 Å². The summed E-state index contributed by atoms with van der Waals surface area (Å²) in [4.78, 5) is 22.7. The monoisotopic (exact) mass is 444 g/mol. The fraction of sp³-hybridized carbons (Fsp3) is 0.0909. The van der Waals surface area contributed by atoms with Crippen molar-refractivity contribution in [2.24, 2.45) is 0 Å². The molecule has 0 bridgehead atoms. The Kier molecular flexibility index (Phi) is 6.74. The quantitative estimate of drug-likeness (QED) is 0.266. The Hall–Kier alpha value is -3.62. The van der Waals surface area contributed by atoms with Crippen LogP contribution in [0.1, 0.15) is 16.7 Å². The van der Waals surface area contributed by atoms with Gasteiger partial charge in [0.1, 0.15) is 23.1 Å². The number of phenolic OH excluding ortho intramolecular Hbond substituents is 1. The van der Waals surface area contributed by atoms with E-state index in [0.29, 0.717) is 29.0 Å². The van der Waals surface area contributed by atoms with E-state index in [0.717, 1.165) is 5.56 Å². The van der Waals surface area contributed by atoms with Crippen LogP contribution in [0.25, 0.3) is 0 Å². The number of aromatic hydroxyl groups is 1. The topological polar surface area (TPSA) is 108 Å². The van der Waals surface area contributed by atoms with E-state index in [1.807, 2.05) is 0 Å². The van der Waals surface area contributed by atoms with Gasteiger partial charge in [-0.2, -0.15) is 0 Å². The molecule has 0 aliphatic heterocycles. The highest BCUT2D eigenvalue weighted by Gasteiger charge is 2.16. The highest BCUT2D eigenvalue weighted by Crippen LogP contribution is 2.37. The predicted molar refractivity (Wildman–Crippen MR) is 112 cm³/mol. The largest absolute Gasteiger partial charge is 0.508 e. The molecule has 0 aliphatic rings. The Morgan fingerprint density at radius 1 is 1.06 bits per heavy atom. The van der Waals surface area contributed by atoms with Crippen molar-refractivity contribution in [2.75, 3.05) is 5.32 Å². The first-order valence-corrected chi connectivity index (χ1v) is 9.44. The normalized spacial score (nSPS) is 10.5. The van der Waals surface area contributed by atoms with Crippen LogP contribution in [0.4, 0.5) is 10.1 Å². The third kappa shape index (κ3) is 5.50. The van der Waals surface area contributed by atoms with Crippen LogP contribution in [0.15, 0.2) is 54.6 Å². The maximum absolute atomic E-state index is 13.1. The summed E-state index contributed by atoms with van der Waals surface area (Å²) < 4.78 is 19.0. The van der Waals surface area contributed by atoms with Crippen LogP contribution in [0.2, 0.25) is 5.02 Å². The zero-order valence-corrected chi connectivity index (χ0v) is 17.0. The van der Waals surface area contributed by atoms with Crippen LogP contribution in [0, 0.1) is 12.7 Å². The molecule has 0 heterocycles. The first-order valence-electron chi connectivity index (χ1n) is 9.06. The highest BCUT2D eigenvalue weighted by atomic mass is 35.5. The molecule has 0 spiro atoms. The number of amides is 2. The number of anilines is 1. The third-order valence-corrected chi connectivity index (χ3v) is 4.65. The molecule has 3 aromatic rings. The van der Waals surface area contributed by atoms with Gasteiger partial charge in [-0.15, -0.1) is 0 Å². The summed E-state index contributed by atoms with van der Waals surface area (Å²) in [6.07, 6.45) is 0.369. The van der Waals surface area contributed by atoms with Gasteiger partial charge in [-0.3, -0.25) is 14.8 Å². The molecule has 0 aromatic heterocycles. The minimum atomic E-state index is -1.22. The summed E-state index contributed by atoms with van der Waals surface area (Å²) in [6.45, 7) is 1.70. The molecule has 0 saturated carbocycles. The fourth-order valence-electron chi connectivity index (χ4n) is 2.88. The van der Waals surface area contributed by atoms with E-state index in [1.54, 1.807) is 37.3 Å². The number of halogens is 2. The number of hydroxylamine groups is 1. The van der Waals surface area contributed by atoms with Crippen molar-refractivity contribution in [3.05, 3.63) is 82.1 Å². The van der Waals surface area contributed by atoms with Crippen molar-refractivity contribution in [3.8, 4) is 17.2 Å². The molecule has 0 saturated heterocycles. The SMILES string of the molecule is Cc1cc(NC(=O)C(=O)NO)cc(Cl)c1Oc1ccc(O)c(Cc2ccc(F)cc2)c1. The van der Waals surface area contributed by atoms with E-state index in [4.69, 9.17) is 21.5 Å². The van der Waals surface area contributed by atoms with Gasteiger partial charge in [-0.25, -0.2) is 9.87 Å². The van der Waals surface area contributed by atoms with E-state index >= 15 is 0 Å². The minimum absolute atomic E-state index is 0.0692. The van der Waals surface area contributed by atoms with Crippen LogP contribution in [0.5, 0.6) is 17.2 Å². The molecule has 0 radical (unpaired) electrons. The maximum atomic E-state index is 13.1. The molecule has 7 nitrogen and oxygen atoms in total. The molecule has 0 fully saturated rings. The zero-order valence-electron chi connectivity index (χ0n) is 16.3. The maximum Gasteiger partial charge on any atom is 0.332 e. The zero-order chi connectivity index (χ0) is 22.5. The Morgan fingerprint density at radius 3 is 2.42 bits per heavy atom. The van der Waals surface area contributed by atoms with E-state index in [9.17, 15) is 19.1 Å². The summed E-state index contributed by atoms with van der Waals surface area (Å²) in [5.74, 6) is -1.81. The minimum Gasteiger partial charge on any atom is -0.508 e. The second-order valence-electron chi connectivity index (χ2n) is 6.69. The number of phenols is 1. The molecule has 9 heteroatoms. The van der Waals surface area contributed by atoms with Gasteiger partial charge in [0, 0.05) is 17.7 Å². The molecule has 31 heavy (non-hydrogen) atoms. The second-order valence-corrected chi connectivity index (χ2v) is 7.10. The van der Waals surface area contributed by atoms with Crippen LogP contribution in [0.3, 0.4) is 0 Å². The van der Waals surface area contributed by atoms with Crippen molar-refractivity contribution >= 4 is 29.1 Å². The highest BCUT2D eigenvalue weighted by molar-refractivity contribution is 6.39. The average molecular weight is 445 g/mol. The number of nitrogens with one attached hydrogen (secondary N) is 2. The first kappa shape index (κ1) is 22.1. The molecule has 0 atom stereocenters. The summed E-state index contributed by atoms with van der Waals surface area (Å²) in [7, 11) is 0. The number of aryl methyl sites for hydroxylation is 1. The lowest BCUT2D eigenvalue weighted by atomic mass is 10.0. The number of rotatable bonds is 5. The Morgan fingerprint density at radius 2 is 1.77 bits per heavy atom. The lowest BCUT2D eigenvalue weighted by Crippen LogP contribution is -2.33. The number of carbonyl (C=O) groups is 2. The number of carbonyl (C=O) groups excluding carboxylic acids is 2. The number of hydrogen-bond acceptors (Lipinski definition) is 5. The lowest BCUT2D eigenvalue weighted by molar-refractivity contribution is -0.141. The Balaban J connectivity index is 1.81. The molecule has 3 aromatic carbocycles. The van der Waals surface area contributed by atoms with Crippen molar-refractivity contribution in [1.82, 2.24) is 5.48 Å². The summed E-state index contributed by atoms with van der Waals surface area (Å²) in [5, 5.41) is 21.1. The molecular weight excluding hydrogens is 427 g/mol. The van der Waals surface area contributed by atoms with Gasteiger partial charge in [0.2, 0.25) is 0 Å². The van der Waals surface area contributed by atoms with Crippen LogP contribution in [-0.4, -0.2) is 22.1 Å². The summed E-state index contributed by atoms with van der Waals surface area (Å²) >= 11 is 6.29. The van der Waals surface area contributed by atoms with Gasteiger partial charge in [-0.1, -0.05) is 23.7 Å². The Labute approximate surface area is 182 Å². The van der Waals surface area contributed by atoms with Crippen LogP contribution >= 0.6 is 11.6 Å². The molecular formula is C22H18ClFN2O5. The van der Waals surface area contributed by atoms with Gasteiger partial charge in [0.15, 0.2) is 0 Å². The van der Waals surface area contributed by atoms with Crippen LogP contribution in [-0.2, 0) is 16.0 Å². The number of benzene rings is 3. The number of ether oxygens (including phenoxy) is 1. The van der Waals surface area contributed by atoms with Crippen molar-refractivity contribution in [2.45, 2.75) is 13.3 Å². The van der Waals surface area contributed by atoms with Crippen molar-refractivity contribution < 1.29 is 29.0 Å². The van der Waals surface area contributed by atoms with Crippen molar-refractivity contribution in [1.29, 1.82) is 0 Å². The number of hydrogen-bond donors (Lipinski definition) is 4. The van der Waals surface area contributed by atoms with Gasteiger partial charge in [0.25, 0.3) is 0 Å². The molecule has 0 unspecified atom stereocenters. The fourth-order valence-corrected chi connectivity index (χ4v) is 3.18. The van der Waals surface area contributed by atoms with E-state index in [1.165, 1.54) is 29.7 Å². The second kappa shape index (κ2) is 9.46. The van der Waals surface area contributed by atoms with E-state index < -0.39 is 11.8 Å². The van der Waals surface area contributed by atoms with Crippen molar-refractivity contribution in [3.63, 3.8) is 0 Å².